The zero-order valence-corrected chi connectivity index (χ0v) is 13.9. The maximum absolute atomic E-state index is 12.0. The second-order valence-corrected chi connectivity index (χ2v) is 6.56. The number of likely N-dealkylation sites (tertiary alicyclic amines) is 1. The van der Waals surface area contributed by atoms with Gasteiger partial charge in [-0.1, -0.05) is 19.8 Å². The second kappa shape index (κ2) is 10.9. The number of nitrogens with one attached hydrogen (secondary N) is 1. The Bertz CT molecular complexity index is 320. The van der Waals surface area contributed by atoms with Crippen LogP contribution < -0.4 is 11.1 Å². The van der Waals surface area contributed by atoms with Crippen molar-refractivity contribution in [3.8, 4) is 0 Å². The van der Waals surface area contributed by atoms with Crippen molar-refractivity contribution in [2.75, 3.05) is 31.1 Å². The Morgan fingerprint density at radius 3 is 2.57 bits per heavy atom. The molecule has 1 unspecified atom stereocenters. The van der Waals surface area contributed by atoms with Crippen molar-refractivity contribution in [2.24, 2.45) is 5.73 Å². The van der Waals surface area contributed by atoms with E-state index < -0.39 is 0 Å². The number of amides is 2. The highest BCUT2D eigenvalue weighted by molar-refractivity contribution is 8.00. The van der Waals surface area contributed by atoms with Gasteiger partial charge in [0.25, 0.3) is 0 Å². The van der Waals surface area contributed by atoms with E-state index in [0.717, 1.165) is 45.2 Å². The fourth-order valence-corrected chi connectivity index (χ4v) is 3.16. The van der Waals surface area contributed by atoms with Crippen LogP contribution in [0, 0.1) is 0 Å². The van der Waals surface area contributed by atoms with Gasteiger partial charge in [0.15, 0.2) is 0 Å². The number of nitrogens with two attached hydrogens (primary N) is 1. The summed E-state index contributed by atoms with van der Waals surface area (Å²) in [6.07, 6.45) is 6.53. The van der Waals surface area contributed by atoms with Gasteiger partial charge in [-0.3, -0.25) is 9.59 Å². The smallest absolute Gasteiger partial charge is 0.232 e. The highest BCUT2D eigenvalue weighted by atomic mass is 32.2. The zero-order chi connectivity index (χ0) is 15.5. The van der Waals surface area contributed by atoms with Crippen molar-refractivity contribution in [3.05, 3.63) is 0 Å². The Balaban J connectivity index is 2.15. The predicted octanol–water partition coefficient (Wildman–Crippen LogP) is 1.37. The SMILES string of the molecule is CCCCC(CN)NC(=O)CSCC(=O)N1CCCCC1. The summed E-state index contributed by atoms with van der Waals surface area (Å²) in [5.74, 6) is 0.879. The van der Waals surface area contributed by atoms with E-state index in [1.807, 2.05) is 4.90 Å². The summed E-state index contributed by atoms with van der Waals surface area (Å²) in [6.45, 7) is 4.34. The van der Waals surface area contributed by atoms with Crippen LogP contribution in [0.3, 0.4) is 0 Å². The fraction of sp³-hybridized carbons (Fsp3) is 0.867. The predicted molar refractivity (Wildman–Crippen MR) is 88.3 cm³/mol. The quantitative estimate of drug-likeness (QED) is 0.674. The zero-order valence-electron chi connectivity index (χ0n) is 13.1. The Labute approximate surface area is 132 Å². The summed E-state index contributed by atoms with van der Waals surface area (Å²) in [4.78, 5) is 25.7. The number of nitrogens with zero attached hydrogens (tertiary/aromatic N) is 1. The molecule has 1 aliphatic rings. The number of unbranched alkanes of at least 4 members (excludes halogenated alkanes) is 1. The molecule has 1 saturated heterocycles. The maximum Gasteiger partial charge on any atom is 0.232 e. The molecule has 1 aliphatic heterocycles. The molecule has 1 atom stereocenters. The van der Waals surface area contributed by atoms with Crippen LogP contribution in [0.2, 0.25) is 0 Å². The van der Waals surface area contributed by atoms with Gasteiger partial charge in [-0.2, -0.15) is 0 Å². The highest BCUT2D eigenvalue weighted by Crippen LogP contribution is 2.11. The molecular formula is C15H29N3O2S. The molecule has 0 spiro atoms. The third-order valence-corrected chi connectivity index (χ3v) is 4.64. The molecule has 122 valence electrons. The molecule has 0 radical (unpaired) electrons. The van der Waals surface area contributed by atoms with Gasteiger partial charge in [0.05, 0.1) is 11.5 Å². The van der Waals surface area contributed by atoms with Crippen LogP contribution in [0.5, 0.6) is 0 Å². The average molecular weight is 315 g/mol. The molecule has 0 aromatic heterocycles. The van der Waals surface area contributed by atoms with Crippen molar-refractivity contribution >= 4 is 23.6 Å². The van der Waals surface area contributed by atoms with E-state index in [1.54, 1.807) is 0 Å². The normalized spacial score (nSPS) is 16.6. The van der Waals surface area contributed by atoms with Crippen LogP contribution in [-0.2, 0) is 9.59 Å². The van der Waals surface area contributed by atoms with Gasteiger partial charge in [0.2, 0.25) is 11.8 Å². The van der Waals surface area contributed by atoms with E-state index in [2.05, 4.69) is 12.2 Å². The fourth-order valence-electron chi connectivity index (χ4n) is 2.43. The van der Waals surface area contributed by atoms with Gasteiger partial charge in [0, 0.05) is 25.7 Å². The molecular weight excluding hydrogens is 286 g/mol. The third-order valence-electron chi connectivity index (χ3n) is 3.72. The van der Waals surface area contributed by atoms with Crippen molar-refractivity contribution in [1.29, 1.82) is 0 Å². The van der Waals surface area contributed by atoms with E-state index in [0.29, 0.717) is 18.1 Å². The van der Waals surface area contributed by atoms with Crippen LogP contribution in [0.4, 0.5) is 0 Å². The van der Waals surface area contributed by atoms with Gasteiger partial charge in [0.1, 0.15) is 0 Å². The molecule has 2 amide bonds. The molecule has 0 aromatic rings. The molecule has 1 heterocycles. The largest absolute Gasteiger partial charge is 0.351 e. The molecule has 5 nitrogen and oxygen atoms in total. The van der Waals surface area contributed by atoms with Crippen molar-refractivity contribution in [2.45, 2.75) is 51.5 Å². The first-order valence-electron chi connectivity index (χ1n) is 8.02. The first kappa shape index (κ1) is 18.3. The molecule has 0 bridgehead atoms. The minimum absolute atomic E-state index is 0.0157. The van der Waals surface area contributed by atoms with Crippen molar-refractivity contribution in [3.63, 3.8) is 0 Å². The number of carbonyl (C=O) groups is 2. The van der Waals surface area contributed by atoms with Gasteiger partial charge in [-0.25, -0.2) is 0 Å². The first-order valence-corrected chi connectivity index (χ1v) is 9.17. The molecule has 1 rings (SSSR count). The summed E-state index contributed by atoms with van der Waals surface area (Å²) in [5, 5.41) is 2.95. The number of hydrogen-bond donors (Lipinski definition) is 2. The van der Waals surface area contributed by atoms with Crippen LogP contribution in [0.15, 0.2) is 0 Å². The minimum atomic E-state index is -0.0157. The lowest BCUT2D eigenvalue weighted by Gasteiger charge is -2.26. The lowest BCUT2D eigenvalue weighted by molar-refractivity contribution is -0.129. The van der Waals surface area contributed by atoms with Crippen LogP contribution in [-0.4, -0.2) is 53.9 Å². The van der Waals surface area contributed by atoms with E-state index in [1.165, 1.54) is 18.2 Å². The number of carbonyl (C=O) groups excluding carboxylic acids is 2. The number of thioether (sulfide) groups is 1. The first-order chi connectivity index (χ1) is 10.2. The van der Waals surface area contributed by atoms with E-state index >= 15 is 0 Å². The topological polar surface area (TPSA) is 75.4 Å². The van der Waals surface area contributed by atoms with Crippen molar-refractivity contribution < 1.29 is 9.59 Å². The van der Waals surface area contributed by atoms with Crippen LogP contribution in [0.25, 0.3) is 0 Å². The van der Waals surface area contributed by atoms with E-state index in [-0.39, 0.29) is 17.9 Å². The highest BCUT2D eigenvalue weighted by Gasteiger charge is 2.17. The van der Waals surface area contributed by atoms with Crippen LogP contribution in [0.1, 0.15) is 45.4 Å². The van der Waals surface area contributed by atoms with Gasteiger partial charge < -0.3 is 16.0 Å². The summed E-state index contributed by atoms with van der Waals surface area (Å²) in [6, 6.07) is 0.0656. The van der Waals surface area contributed by atoms with E-state index in [4.69, 9.17) is 5.73 Å². The van der Waals surface area contributed by atoms with E-state index in [9.17, 15) is 9.59 Å². The second-order valence-electron chi connectivity index (χ2n) is 5.58. The van der Waals surface area contributed by atoms with Gasteiger partial charge in [-0.15, -0.1) is 11.8 Å². The monoisotopic (exact) mass is 315 g/mol. The maximum atomic E-state index is 12.0. The molecule has 21 heavy (non-hydrogen) atoms. The molecule has 0 saturated carbocycles. The third kappa shape index (κ3) is 7.71. The number of piperidine rings is 1. The summed E-state index contributed by atoms with van der Waals surface area (Å²) in [5.41, 5.74) is 5.65. The minimum Gasteiger partial charge on any atom is -0.351 e. The molecule has 0 aliphatic carbocycles. The van der Waals surface area contributed by atoms with Crippen molar-refractivity contribution in [1.82, 2.24) is 10.2 Å². The number of hydrogen-bond acceptors (Lipinski definition) is 4. The Morgan fingerprint density at radius 1 is 1.24 bits per heavy atom. The summed E-state index contributed by atoms with van der Waals surface area (Å²) >= 11 is 1.40. The lowest BCUT2D eigenvalue weighted by atomic mass is 10.1. The summed E-state index contributed by atoms with van der Waals surface area (Å²) < 4.78 is 0. The molecule has 3 N–H and O–H groups in total. The Kier molecular flexibility index (Phi) is 9.50. The Hall–Kier alpha value is -0.750. The lowest BCUT2D eigenvalue weighted by Crippen LogP contribution is -2.41. The standard InChI is InChI=1S/C15H29N3O2S/c1-2-3-7-13(10-16)17-14(19)11-21-12-15(20)18-8-5-4-6-9-18/h13H,2-12,16H2,1H3,(H,17,19). The summed E-state index contributed by atoms with van der Waals surface area (Å²) in [7, 11) is 0. The van der Waals surface area contributed by atoms with Gasteiger partial charge in [-0.05, 0) is 25.7 Å². The molecule has 6 heteroatoms. The van der Waals surface area contributed by atoms with Gasteiger partial charge >= 0.3 is 0 Å². The molecule has 1 fully saturated rings. The average Bonchev–Trinajstić information content (AvgIpc) is 2.52. The molecule has 0 aromatic carbocycles. The van der Waals surface area contributed by atoms with Crippen LogP contribution >= 0.6 is 11.8 Å². The Morgan fingerprint density at radius 2 is 1.95 bits per heavy atom. The number of rotatable bonds is 9.